The molecule has 0 N–H and O–H groups in total. The summed E-state index contributed by atoms with van der Waals surface area (Å²) in [4.78, 5) is 11.1. The van der Waals surface area contributed by atoms with Crippen LogP contribution in [-0.2, 0) is 4.74 Å². The summed E-state index contributed by atoms with van der Waals surface area (Å²) in [7, 11) is 0. The van der Waals surface area contributed by atoms with E-state index in [1.54, 1.807) is 0 Å². The molecular weight excluding hydrogens is 228 g/mol. The number of rotatable bonds is 3. The molecule has 0 aliphatic heterocycles. The maximum atomic E-state index is 13.0. The zero-order chi connectivity index (χ0) is 12.3. The molecule has 0 bridgehead atoms. The molecule has 0 fully saturated rings. The molecule has 1 rings (SSSR count). The molecular formula is C10H6F4O2. The molecule has 0 saturated heterocycles. The monoisotopic (exact) mass is 234 g/mol. The Morgan fingerprint density at radius 2 is 1.88 bits per heavy atom. The van der Waals surface area contributed by atoms with Crippen molar-refractivity contribution in [1.82, 2.24) is 0 Å². The summed E-state index contributed by atoms with van der Waals surface area (Å²) in [5.74, 6) is -8.49. The third kappa shape index (κ3) is 2.21. The standard InChI is InChI=1S/C10H6F4O2/c1-2-3-16-10(15)7-5(11)4-6(12)8(13)9(7)14/h2,4H,1,3H2. The molecule has 0 unspecified atom stereocenters. The summed E-state index contributed by atoms with van der Waals surface area (Å²) in [6.07, 6.45) is 1.16. The molecule has 0 atom stereocenters. The molecule has 0 aliphatic rings. The van der Waals surface area contributed by atoms with Gasteiger partial charge in [-0.15, -0.1) is 0 Å². The number of hydrogen-bond donors (Lipinski definition) is 0. The van der Waals surface area contributed by atoms with Gasteiger partial charge in [-0.05, 0) is 0 Å². The van der Waals surface area contributed by atoms with E-state index in [1.165, 1.54) is 0 Å². The normalized spacial score (nSPS) is 10.0. The van der Waals surface area contributed by atoms with Crippen LogP contribution in [0.2, 0.25) is 0 Å². The minimum absolute atomic E-state index is 0.0723. The van der Waals surface area contributed by atoms with Gasteiger partial charge in [-0.25, -0.2) is 22.4 Å². The van der Waals surface area contributed by atoms with E-state index < -0.39 is 34.8 Å². The van der Waals surface area contributed by atoms with Gasteiger partial charge in [0.15, 0.2) is 17.5 Å². The second kappa shape index (κ2) is 4.78. The van der Waals surface area contributed by atoms with E-state index in [9.17, 15) is 22.4 Å². The average molecular weight is 234 g/mol. The first-order valence-corrected chi connectivity index (χ1v) is 4.10. The molecule has 0 aliphatic carbocycles. The molecule has 0 heterocycles. The van der Waals surface area contributed by atoms with Crippen molar-refractivity contribution in [2.24, 2.45) is 0 Å². The third-order valence-electron chi connectivity index (χ3n) is 1.65. The van der Waals surface area contributed by atoms with Crippen LogP contribution in [0.1, 0.15) is 10.4 Å². The Labute approximate surface area is 88.1 Å². The van der Waals surface area contributed by atoms with E-state index in [-0.39, 0.29) is 12.7 Å². The highest BCUT2D eigenvalue weighted by atomic mass is 19.2. The summed E-state index contributed by atoms with van der Waals surface area (Å²) < 4.78 is 55.5. The zero-order valence-electron chi connectivity index (χ0n) is 7.90. The summed E-state index contributed by atoms with van der Waals surface area (Å²) in [6, 6.07) is 0.0723. The Balaban J connectivity index is 3.18. The highest BCUT2D eigenvalue weighted by Gasteiger charge is 2.25. The van der Waals surface area contributed by atoms with E-state index in [4.69, 9.17) is 0 Å². The van der Waals surface area contributed by atoms with E-state index in [0.717, 1.165) is 6.08 Å². The summed E-state index contributed by atoms with van der Waals surface area (Å²) in [6.45, 7) is 2.91. The molecule has 2 nitrogen and oxygen atoms in total. The highest BCUT2D eigenvalue weighted by molar-refractivity contribution is 5.90. The fourth-order valence-electron chi connectivity index (χ4n) is 0.960. The Bertz CT molecular complexity index is 443. The van der Waals surface area contributed by atoms with Crippen LogP contribution in [0.25, 0.3) is 0 Å². The number of carbonyl (C=O) groups is 1. The van der Waals surface area contributed by atoms with Crippen molar-refractivity contribution < 1.29 is 27.1 Å². The second-order valence-electron chi connectivity index (χ2n) is 2.73. The molecule has 0 amide bonds. The molecule has 0 spiro atoms. The Hall–Kier alpha value is -1.85. The molecule has 0 aromatic heterocycles. The van der Waals surface area contributed by atoms with E-state index in [2.05, 4.69) is 11.3 Å². The summed E-state index contributed by atoms with van der Waals surface area (Å²) in [5, 5.41) is 0. The average Bonchev–Trinajstić information content (AvgIpc) is 2.23. The maximum absolute atomic E-state index is 13.0. The lowest BCUT2D eigenvalue weighted by atomic mass is 10.2. The van der Waals surface area contributed by atoms with Crippen molar-refractivity contribution in [2.45, 2.75) is 0 Å². The first kappa shape index (κ1) is 12.2. The number of ether oxygens (including phenoxy) is 1. The minimum atomic E-state index is -1.92. The van der Waals surface area contributed by atoms with Crippen molar-refractivity contribution >= 4 is 5.97 Å². The van der Waals surface area contributed by atoms with Gasteiger partial charge in [0, 0.05) is 6.07 Å². The number of halogens is 4. The smallest absolute Gasteiger partial charge is 0.344 e. The van der Waals surface area contributed by atoms with Crippen molar-refractivity contribution in [1.29, 1.82) is 0 Å². The summed E-state index contributed by atoms with van der Waals surface area (Å²) >= 11 is 0. The van der Waals surface area contributed by atoms with Crippen LogP contribution < -0.4 is 0 Å². The fourth-order valence-corrected chi connectivity index (χ4v) is 0.960. The van der Waals surface area contributed by atoms with Crippen LogP contribution in [-0.4, -0.2) is 12.6 Å². The van der Waals surface area contributed by atoms with Gasteiger partial charge in [-0.3, -0.25) is 0 Å². The van der Waals surface area contributed by atoms with Crippen LogP contribution in [0, 0.1) is 23.3 Å². The quantitative estimate of drug-likeness (QED) is 0.264. The molecule has 86 valence electrons. The summed E-state index contributed by atoms with van der Waals surface area (Å²) in [5.41, 5.74) is -1.26. The molecule has 1 aromatic carbocycles. The van der Waals surface area contributed by atoms with E-state index >= 15 is 0 Å². The largest absolute Gasteiger partial charge is 0.458 e. The predicted molar refractivity (Wildman–Crippen MR) is 46.8 cm³/mol. The Morgan fingerprint density at radius 1 is 1.25 bits per heavy atom. The first-order chi connectivity index (χ1) is 7.49. The molecule has 0 radical (unpaired) electrons. The lowest BCUT2D eigenvalue weighted by molar-refractivity contribution is 0.0537. The fraction of sp³-hybridized carbons (Fsp3) is 0.100. The van der Waals surface area contributed by atoms with Crippen LogP contribution in [0.15, 0.2) is 18.7 Å². The van der Waals surface area contributed by atoms with Crippen molar-refractivity contribution in [3.63, 3.8) is 0 Å². The maximum Gasteiger partial charge on any atom is 0.344 e. The molecule has 6 heteroatoms. The van der Waals surface area contributed by atoms with Crippen LogP contribution in [0.3, 0.4) is 0 Å². The van der Waals surface area contributed by atoms with Crippen LogP contribution >= 0.6 is 0 Å². The SMILES string of the molecule is C=CCOC(=O)c1c(F)cc(F)c(F)c1F. The second-order valence-corrected chi connectivity index (χ2v) is 2.73. The van der Waals surface area contributed by atoms with Crippen molar-refractivity contribution in [3.8, 4) is 0 Å². The Kier molecular flexibility index (Phi) is 3.65. The van der Waals surface area contributed by atoms with Gasteiger partial charge < -0.3 is 4.74 Å². The van der Waals surface area contributed by atoms with Gasteiger partial charge in [0.1, 0.15) is 18.0 Å². The van der Waals surface area contributed by atoms with Crippen molar-refractivity contribution in [2.75, 3.05) is 6.61 Å². The van der Waals surface area contributed by atoms with Gasteiger partial charge in [0.25, 0.3) is 0 Å². The van der Waals surface area contributed by atoms with Gasteiger partial charge in [-0.2, -0.15) is 0 Å². The predicted octanol–water partition coefficient (Wildman–Crippen LogP) is 2.59. The number of esters is 1. The van der Waals surface area contributed by atoms with Gasteiger partial charge in [0.05, 0.1) is 0 Å². The van der Waals surface area contributed by atoms with Gasteiger partial charge >= 0.3 is 5.97 Å². The Morgan fingerprint density at radius 3 is 2.44 bits per heavy atom. The molecule has 16 heavy (non-hydrogen) atoms. The number of carbonyl (C=O) groups excluding carboxylic acids is 1. The number of hydrogen-bond acceptors (Lipinski definition) is 2. The van der Waals surface area contributed by atoms with E-state index in [1.807, 2.05) is 0 Å². The lowest BCUT2D eigenvalue weighted by Crippen LogP contribution is -2.12. The van der Waals surface area contributed by atoms with Gasteiger partial charge in [-0.1, -0.05) is 12.7 Å². The van der Waals surface area contributed by atoms with Crippen molar-refractivity contribution in [3.05, 3.63) is 47.6 Å². The van der Waals surface area contributed by atoms with Crippen LogP contribution in [0.5, 0.6) is 0 Å². The van der Waals surface area contributed by atoms with E-state index in [0.29, 0.717) is 0 Å². The zero-order valence-corrected chi connectivity index (χ0v) is 7.90. The van der Waals surface area contributed by atoms with Gasteiger partial charge in [0.2, 0.25) is 0 Å². The molecule has 1 aromatic rings. The number of benzene rings is 1. The molecule has 0 saturated carbocycles. The topological polar surface area (TPSA) is 26.3 Å². The van der Waals surface area contributed by atoms with Crippen LogP contribution in [0.4, 0.5) is 17.6 Å². The minimum Gasteiger partial charge on any atom is -0.458 e. The highest BCUT2D eigenvalue weighted by Crippen LogP contribution is 2.19. The third-order valence-corrected chi connectivity index (χ3v) is 1.65. The first-order valence-electron chi connectivity index (χ1n) is 4.10. The lowest BCUT2D eigenvalue weighted by Gasteiger charge is -2.05.